The highest BCUT2D eigenvalue weighted by molar-refractivity contribution is 6.28. The second-order valence-electron chi connectivity index (χ2n) is 3.84. The number of piperazine rings is 1. The molecule has 1 aliphatic rings. The lowest BCUT2D eigenvalue weighted by Crippen LogP contribution is -2.51. The minimum atomic E-state index is 0.624. The van der Waals surface area contributed by atoms with E-state index in [1.54, 1.807) is 7.05 Å². The Morgan fingerprint density at radius 1 is 1.29 bits per heavy atom. The van der Waals surface area contributed by atoms with Gasteiger partial charge in [-0.05, 0) is 13.8 Å². The molecule has 0 aromatic heterocycles. The van der Waals surface area contributed by atoms with Crippen LogP contribution in [0.25, 0.3) is 0 Å². The highest BCUT2D eigenvalue weighted by Gasteiger charge is 2.19. The number of rotatable bonds is 2. The van der Waals surface area contributed by atoms with Crippen LogP contribution in [0.15, 0.2) is 4.99 Å². The Hall–Kier alpha value is -0.900. The minimum Gasteiger partial charge on any atom is -0.353 e. The van der Waals surface area contributed by atoms with Crippen molar-refractivity contribution in [2.75, 3.05) is 33.2 Å². The van der Waals surface area contributed by atoms with Crippen LogP contribution >= 0.6 is 0 Å². The Morgan fingerprint density at radius 3 is 2.21 bits per heavy atom. The largest absolute Gasteiger partial charge is 0.353 e. The van der Waals surface area contributed by atoms with Crippen molar-refractivity contribution >= 4 is 12.1 Å². The summed E-state index contributed by atoms with van der Waals surface area (Å²) in [4.78, 5) is 8.71. The summed E-state index contributed by atoms with van der Waals surface area (Å²) in [7, 11) is 1.75. The SMILES string of the molecule is C/N=C(\C=N)N1CCN(C(C)C)CC1. The van der Waals surface area contributed by atoms with E-state index < -0.39 is 0 Å². The van der Waals surface area contributed by atoms with E-state index >= 15 is 0 Å². The maximum absolute atomic E-state index is 7.22. The molecule has 0 atom stereocenters. The fraction of sp³-hybridized carbons (Fsp3) is 0.800. The Kier molecular flexibility index (Phi) is 4.07. The molecular weight excluding hydrogens is 176 g/mol. The van der Waals surface area contributed by atoms with Gasteiger partial charge in [-0.1, -0.05) is 0 Å². The Labute approximate surface area is 86.1 Å². The molecule has 1 heterocycles. The molecule has 4 nitrogen and oxygen atoms in total. The molecule has 1 N–H and O–H groups in total. The quantitative estimate of drug-likeness (QED) is 0.521. The van der Waals surface area contributed by atoms with Crippen LogP contribution in [0.1, 0.15) is 13.8 Å². The summed E-state index contributed by atoms with van der Waals surface area (Å²) in [6, 6.07) is 0.624. The van der Waals surface area contributed by atoms with Crippen molar-refractivity contribution < 1.29 is 0 Å². The van der Waals surface area contributed by atoms with E-state index in [0.717, 1.165) is 32.0 Å². The monoisotopic (exact) mass is 196 g/mol. The number of aliphatic imine (C=N–C) groups is 1. The molecule has 4 heteroatoms. The van der Waals surface area contributed by atoms with Gasteiger partial charge < -0.3 is 10.3 Å². The van der Waals surface area contributed by atoms with Crippen LogP contribution in [0.3, 0.4) is 0 Å². The van der Waals surface area contributed by atoms with E-state index in [4.69, 9.17) is 5.41 Å². The van der Waals surface area contributed by atoms with E-state index in [9.17, 15) is 0 Å². The van der Waals surface area contributed by atoms with Gasteiger partial charge in [-0.2, -0.15) is 0 Å². The highest BCUT2D eigenvalue weighted by atomic mass is 15.3. The zero-order valence-corrected chi connectivity index (χ0v) is 9.32. The third-order valence-electron chi connectivity index (χ3n) is 2.73. The molecule has 0 bridgehead atoms. The molecule has 0 aliphatic carbocycles. The van der Waals surface area contributed by atoms with Crippen LogP contribution < -0.4 is 0 Å². The Balaban J connectivity index is 2.46. The van der Waals surface area contributed by atoms with Gasteiger partial charge in [-0.3, -0.25) is 9.89 Å². The molecule has 0 amide bonds. The molecule has 0 aromatic carbocycles. The second kappa shape index (κ2) is 5.10. The molecule has 0 aromatic rings. The summed E-state index contributed by atoms with van der Waals surface area (Å²) in [6.45, 7) is 8.57. The summed E-state index contributed by atoms with van der Waals surface area (Å²) in [6.07, 6.45) is 1.34. The van der Waals surface area contributed by atoms with Gasteiger partial charge in [0.25, 0.3) is 0 Å². The number of nitrogens with one attached hydrogen (secondary N) is 1. The van der Waals surface area contributed by atoms with Gasteiger partial charge in [0, 0.05) is 39.3 Å². The van der Waals surface area contributed by atoms with Crippen molar-refractivity contribution in [3.63, 3.8) is 0 Å². The molecule has 1 fully saturated rings. The van der Waals surface area contributed by atoms with Crippen molar-refractivity contribution in [3.05, 3.63) is 0 Å². The van der Waals surface area contributed by atoms with E-state index in [-0.39, 0.29) is 0 Å². The van der Waals surface area contributed by atoms with Crippen LogP contribution in [0.5, 0.6) is 0 Å². The maximum Gasteiger partial charge on any atom is 0.141 e. The summed E-state index contributed by atoms with van der Waals surface area (Å²) in [5.74, 6) is 0.799. The van der Waals surface area contributed by atoms with Gasteiger partial charge in [0.2, 0.25) is 0 Å². The van der Waals surface area contributed by atoms with Crippen LogP contribution in [0, 0.1) is 5.41 Å². The Morgan fingerprint density at radius 2 is 1.86 bits per heavy atom. The van der Waals surface area contributed by atoms with Crippen molar-refractivity contribution in [2.45, 2.75) is 19.9 Å². The molecule has 14 heavy (non-hydrogen) atoms. The van der Waals surface area contributed by atoms with Gasteiger partial charge in [-0.15, -0.1) is 0 Å². The van der Waals surface area contributed by atoms with E-state index in [0.29, 0.717) is 6.04 Å². The van der Waals surface area contributed by atoms with Crippen molar-refractivity contribution in [1.82, 2.24) is 9.80 Å². The fourth-order valence-electron chi connectivity index (χ4n) is 1.76. The number of nitrogens with zero attached hydrogens (tertiary/aromatic N) is 3. The third kappa shape index (κ3) is 2.54. The standard InChI is InChI=1S/C10H20N4/c1-9(2)13-4-6-14(7-5-13)10(8-11)12-3/h8-9,11H,4-7H2,1-3H3/b11-8?,12-10+. The zero-order valence-electron chi connectivity index (χ0n) is 9.32. The lowest BCUT2D eigenvalue weighted by Gasteiger charge is -2.37. The predicted molar refractivity (Wildman–Crippen MR) is 60.4 cm³/mol. The summed E-state index contributed by atoms with van der Waals surface area (Å²) in [5.41, 5.74) is 0. The maximum atomic E-state index is 7.22. The van der Waals surface area contributed by atoms with Gasteiger partial charge in [0.05, 0.1) is 6.21 Å². The van der Waals surface area contributed by atoms with Gasteiger partial charge in [0.15, 0.2) is 0 Å². The zero-order chi connectivity index (χ0) is 10.6. The average molecular weight is 196 g/mol. The number of amidine groups is 1. The molecule has 0 radical (unpaired) electrons. The topological polar surface area (TPSA) is 42.7 Å². The predicted octanol–water partition coefficient (Wildman–Crippen LogP) is 0.690. The van der Waals surface area contributed by atoms with Crippen LogP contribution in [0.4, 0.5) is 0 Å². The number of hydrogen-bond donors (Lipinski definition) is 1. The van der Waals surface area contributed by atoms with Crippen molar-refractivity contribution in [2.24, 2.45) is 4.99 Å². The van der Waals surface area contributed by atoms with Crippen LogP contribution in [-0.2, 0) is 0 Å². The number of hydrogen-bond acceptors (Lipinski definition) is 3. The first-order valence-corrected chi connectivity index (χ1v) is 5.15. The van der Waals surface area contributed by atoms with Gasteiger partial charge in [-0.25, -0.2) is 0 Å². The van der Waals surface area contributed by atoms with E-state index in [2.05, 4.69) is 28.6 Å². The summed E-state index contributed by atoms with van der Waals surface area (Å²) in [5, 5.41) is 7.22. The van der Waals surface area contributed by atoms with Crippen molar-refractivity contribution in [1.29, 1.82) is 5.41 Å². The van der Waals surface area contributed by atoms with Gasteiger partial charge in [0.1, 0.15) is 5.84 Å². The Bertz CT molecular complexity index is 214. The lowest BCUT2D eigenvalue weighted by molar-refractivity contribution is 0.150. The third-order valence-corrected chi connectivity index (χ3v) is 2.73. The fourth-order valence-corrected chi connectivity index (χ4v) is 1.76. The van der Waals surface area contributed by atoms with E-state index in [1.807, 2.05) is 0 Å². The molecule has 80 valence electrons. The van der Waals surface area contributed by atoms with Gasteiger partial charge >= 0.3 is 0 Å². The molecule has 0 spiro atoms. The first kappa shape index (κ1) is 11.2. The van der Waals surface area contributed by atoms with Crippen LogP contribution in [-0.4, -0.2) is 61.1 Å². The normalized spacial score (nSPS) is 20.3. The molecule has 0 saturated carbocycles. The van der Waals surface area contributed by atoms with Crippen molar-refractivity contribution in [3.8, 4) is 0 Å². The molecule has 1 rings (SSSR count). The smallest absolute Gasteiger partial charge is 0.141 e. The summed E-state index contributed by atoms with van der Waals surface area (Å²) < 4.78 is 0. The average Bonchev–Trinajstić information content (AvgIpc) is 2.20. The minimum absolute atomic E-state index is 0.624. The lowest BCUT2D eigenvalue weighted by atomic mass is 10.2. The van der Waals surface area contributed by atoms with Crippen LogP contribution in [0.2, 0.25) is 0 Å². The van der Waals surface area contributed by atoms with E-state index in [1.165, 1.54) is 6.21 Å². The molecule has 1 aliphatic heterocycles. The second-order valence-corrected chi connectivity index (χ2v) is 3.84. The molecular formula is C10H20N4. The first-order valence-electron chi connectivity index (χ1n) is 5.15. The molecule has 0 unspecified atom stereocenters. The first-order chi connectivity index (χ1) is 6.69. The molecule has 1 saturated heterocycles. The summed E-state index contributed by atoms with van der Waals surface area (Å²) >= 11 is 0. The highest BCUT2D eigenvalue weighted by Crippen LogP contribution is 2.05.